The summed E-state index contributed by atoms with van der Waals surface area (Å²) >= 11 is 5.45. The van der Waals surface area contributed by atoms with Crippen LogP contribution in [0.4, 0.5) is 5.69 Å². The Balaban J connectivity index is 2.11. The molecule has 0 spiro atoms. The van der Waals surface area contributed by atoms with Crippen LogP contribution in [0.2, 0.25) is 0 Å². The minimum Gasteiger partial charge on any atom is -0.350 e. The van der Waals surface area contributed by atoms with E-state index in [2.05, 4.69) is 5.32 Å². The number of anilines is 1. The van der Waals surface area contributed by atoms with E-state index in [0.29, 0.717) is 13.0 Å². The van der Waals surface area contributed by atoms with Crippen molar-refractivity contribution >= 4 is 29.1 Å². The molecule has 2 amide bonds. The van der Waals surface area contributed by atoms with Crippen molar-refractivity contribution in [2.45, 2.75) is 26.3 Å². The Labute approximate surface area is 117 Å². The van der Waals surface area contributed by atoms with Crippen molar-refractivity contribution in [1.82, 2.24) is 5.32 Å². The first-order valence-electron chi connectivity index (χ1n) is 6.24. The second kappa shape index (κ2) is 5.61. The molecule has 0 aliphatic carbocycles. The average Bonchev–Trinajstić information content (AvgIpc) is 2.73. The van der Waals surface area contributed by atoms with Crippen molar-refractivity contribution in [2.24, 2.45) is 0 Å². The van der Waals surface area contributed by atoms with Gasteiger partial charge in [-0.25, -0.2) is 0 Å². The molecule has 1 aromatic carbocycles. The highest BCUT2D eigenvalue weighted by Crippen LogP contribution is 2.24. The van der Waals surface area contributed by atoms with Gasteiger partial charge in [0.25, 0.3) is 0 Å². The highest BCUT2D eigenvalue weighted by Gasteiger charge is 2.31. The zero-order valence-corrected chi connectivity index (χ0v) is 11.8. The van der Waals surface area contributed by atoms with Crippen molar-refractivity contribution in [2.75, 3.05) is 17.3 Å². The second-order valence-corrected chi connectivity index (χ2v) is 5.14. The maximum absolute atomic E-state index is 12.0. The van der Waals surface area contributed by atoms with Crippen molar-refractivity contribution in [3.05, 3.63) is 29.3 Å². The van der Waals surface area contributed by atoms with E-state index < -0.39 is 0 Å². The van der Waals surface area contributed by atoms with E-state index in [9.17, 15) is 9.59 Å². The van der Waals surface area contributed by atoms with E-state index in [-0.39, 0.29) is 23.7 Å². The number of nitrogens with one attached hydrogen (secondary N) is 1. The number of hydrogen-bond acceptors (Lipinski definition) is 2. The first kappa shape index (κ1) is 13.9. The number of aryl methyl sites for hydroxylation is 2. The Morgan fingerprint density at radius 1 is 1.42 bits per heavy atom. The molecule has 2 rings (SSSR count). The summed E-state index contributed by atoms with van der Waals surface area (Å²) in [6, 6.07) is 5.79. The summed E-state index contributed by atoms with van der Waals surface area (Å²) in [7, 11) is 0. The predicted molar refractivity (Wildman–Crippen MR) is 75.5 cm³/mol. The van der Waals surface area contributed by atoms with Gasteiger partial charge >= 0.3 is 0 Å². The second-order valence-electron chi connectivity index (χ2n) is 4.88. The van der Waals surface area contributed by atoms with E-state index in [0.717, 1.165) is 11.3 Å². The molecule has 0 aromatic heterocycles. The zero-order chi connectivity index (χ0) is 14.0. The molecule has 1 aromatic rings. The number of amides is 2. The fourth-order valence-corrected chi connectivity index (χ4v) is 2.29. The smallest absolute Gasteiger partial charge is 0.235 e. The quantitative estimate of drug-likeness (QED) is 0.858. The lowest BCUT2D eigenvalue weighted by atomic mass is 10.1. The van der Waals surface area contributed by atoms with E-state index in [4.69, 9.17) is 11.6 Å². The third-order valence-corrected chi connectivity index (χ3v) is 3.66. The van der Waals surface area contributed by atoms with Crippen LogP contribution in [0, 0.1) is 13.8 Å². The first-order valence-corrected chi connectivity index (χ1v) is 6.77. The number of rotatable bonds is 3. The Kier molecular flexibility index (Phi) is 4.10. The summed E-state index contributed by atoms with van der Waals surface area (Å²) in [5.74, 6) is -0.279. The molecule has 1 atom stereocenters. The van der Waals surface area contributed by atoms with Gasteiger partial charge in [0.15, 0.2) is 0 Å². The van der Waals surface area contributed by atoms with Crippen molar-refractivity contribution in [3.8, 4) is 0 Å². The summed E-state index contributed by atoms with van der Waals surface area (Å²) in [6.45, 7) is 4.56. The van der Waals surface area contributed by atoms with Crippen LogP contribution in [0.5, 0.6) is 0 Å². The predicted octanol–water partition coefficient (Wildman–Crippen LogP) is 1.76. The highest BCUT2D eigenvalue weighted by atomic mass is 35.5. The summed E-state index contributed by atoms with van der Waals surface area (Å²) < 4.78 is 0. The Hall–Kier alpha value is -1.55. The summed E-state index contributed by atoms with van der Waals surface area (Å²) in [6.07, 6.45) is 0.329. The first-order chi connectivity index (χ1) is 9.01. The molecule has 4 nitrogen and oxygen atoms in total. The molecule has 0 radical (unpaired) electrons. The third-order valence-electron chi connectivity index (χ3n) is 3.41. The molecule has 1 aliphatic heterocycles. The lowest BCUT2D eigenvalue weighted by Crippen LogP contribution is -2.37. The van der Waals surface area contributed by atoms with Gasteiger partial charge in [0.2, 0.25) is 11.8 Å². The van der Waals surface area contributed by atoms with Gasteiger partial charge in [0.1, 0.15) is 5.88 Å². The maximum atomic E-state index is 12.0. The van der Waals surface area contributed by atoms with Gasteiger partial charge in [0.05, 0.1) is 6.04 Å². The SMILES string of the molecule is Cc1ccc(N2C[C@@H](NC(=O)CCl)CC2=O)cc1C. The number of nitrogens with zero attached hydrogens (tertiary/aromatic N) is 1. The van der Waals surface area contributed by atoms with Crippen LogP contribution in [0.25, 0.3) is 0 Å². The molecule has 1 saturated heterocycles. The number of hydrogen-bond donors (Lipinski definition) is 1. The number of benzene rings is 1. The minimum absolute atomic E-state index is 0.0307. The van der Waals surface area contributed by atoms with Crippen LogP contribution in [0.1, 0.15) is 17.5 Å². The largest absolute Gasteiger partial charge is 0.350 e. The Morgan fingerprint density at radius 3 is 2.79 bits per heavy atom. The minimum atomic E-state index is -0.235. The molecule has 1 heterocycles. The number of carbonyl (C=O) groups excluding carboxylic acids is 2. The maximum Gasteiger partial charge on any atom is 0.235 e. The molecule has 102 valence electrons. The van der Waals surface area contributed by atoms with E-state index in [1.165, 1.54) is 5.56 Å². The molecule has 0 saturated carbocycles. The van der Waals surface area contributed by atoms with Crippen LogP contribution >= 0.6 is 11.6 Å². The Morgan fingerprint density at radius 2 is 2.16 bits per heavy atom. The van der Waals surface area contributed by atoms with Crippen LogP contribution in [-0.4, -0.2) is 30.3 Å². The van der Waals surface area contributed by atoms with Gasteiger partial charge in [-0.1, -0.05) is 6.07 Å². The highest BCUT2D eigenvalue weighted by molar-refractivity contribution is 6.27. The monoisotopic (exact) mass is 280 g/mol. The summed E-state index contributed by atoms with van der Waals surface area (Å²) in [5.41, 5.74) is 3.23. The number of carbonyl (C=O) groups is 2. The molecule has 1 fully saturated rings. The molecule has 1 aliphatic rings. The average molecular weight is 281 g/mol. The van der Waals surface area contributed by atoms with Gasteiger partial charge in [-0.05, 0) is 37.1 Å². The molecular formula is C14H17ClN2O2. The van der Waals surface area contributed by atoms with Crippen LogP contribution in [0.15, 0.2) is 18.2 Å². The topological polar surface area (TPSA) is 49.4 Å². The molecule has 1 N–H and O–H groups in total. The summed E-state index contributed by atoms with van der Waals surface area (Å²) in [5, 5.41) is 2.75. The third kappa shape index (κ3) is 3.07. The summed E-state index contributed by atoms with van der Waals surface area (Å²) in [4.78, 5) is 25.0. The van der Waals surface area contributed by atoms with Gasteiger partial charge in [0, 0.05) is 18.7 Å². The zero-order valence-electron chi connectivity index (χ0n) is 11.1. The van der Waals surface area contributed by atoms with Crippen molar-refractivity contribution in [1.29, 1.82) is 0 Å². The normalized spacial score (nSPS) is 18.8. The molecule has 5 heteroatoms. The molecule has 0 unspecified atom stereocenters. The lowest BCUT2D eigenvalue weighted by Gasteiger charge is -2.18. The van der Waals surface area contributed by atoms with Gasteiger partial charge < -0.3 is 10.2 Å². The number of halogens is 1. The van der Waals surface area contributed by atoms with Crippen LogP contribution in [0.3, 0.4) is 0 Å². The fourth-order valence-electron chi connectivity index (χ4n) is 2.21. The van der Waals surface area contributed by atoms with E-state index >= 15 is 0 Å². The molecular weight excluding hydrogens is 264 g/mol. The number of alkyl halides is 1. The van der Waals surface area contributed by atoms with Crippen molar-refractivity contribution < 1.29 is 9.59 Å². The van der Waals surface area contributed by atoms with Crippen LogP contribution < -0.4 is 10.2 Å². The van der Waals surface area contributed by atoms with Crippen LogP contribution in [-0.2, 0) is 9.59 Å². The Bertz CT molecular complexity index is 516. The van der Waals surface area contributed by atoms with Gasteiger partial charge in [-0.15, -0.1) is 11.6 Å². The van der Waals surface area contributed by atoms with E-state index in [1.54, 1.807) is 4.90 Å². The van der Waals surface area contributed by atoms with E-state index in [1.807, 2.05) is 32.0 Å². The standard InChI is InChI=1S/C14H17ClN2O2/c1-9-3-4-12(5-10(9)2)17-8-11(6-14(17)19)16-13(18)7-15/h3-5,11H,6-8H2,1-2H3,(H,16,18)/t11-/m0/s1. The van der Waals surface area contributed by atoms with Gasteiger partial charge in [-0.2, -0.15) is 0 Å². The van der Waals surface area contributed by atoms with Crippen molar-refractivity contribution in [3.63, 3.8) is 0 Å². The lowest BCUT2D eigenvalue weighted by molar-refractivity contribution is -0.119. The fraction of sp³-hybridized carbons (Fsp3) is 0.429. The molecule has 19 heavy (non-hydrogen) atoms. The van der Waals surface area contributed by atoms with Gasteiger partial charge in [-0.3, -0.25) is 9.59 Å². The molecule has 0 bridgehead atoms.